The number of carboxylic acid groups (broad SMARTS) is 1. The van der Waals surface area contributed by atoms with Gasteiger partial charge in [0.25, 0.3) is 0 Å². The van der Waals surface area contributed by atoms with Crippen LogP contribution >= 0.6 is 11.8 Å². The number of thioether (sulfide) groups is 1. The zero-order chi connectivity index (χ0) is 25.0. The van der Waals surface area contributed by atoms with E-state index >= 15 is 0 Å². The quantitative estimate of drug-likeness (QED) is 0.177. The van der Waals surface area contributed by atoms with Crippen LogP contribution in [0.3, 0.4) is 0 Å². The first kappa shape index (κ1) is 29.7. The molecule has 0 bridgehead atoms. The summed E-state index contributed by atoms with van der Waals surface area (Å²) in [6.45, 7) is 7.20. The minimum atomic E-state index is -1.51. The van der Waals surface area contributed by atoms with Gasteiger partial charge in [-0.15, -0.1) is 0 Å². The molecule has 4 unspecified atom stereocenters. The summed E-state index contributed by atoms with van der Waals surface area (Å²) in [5.74, 6) is -3.74. The number of primary amides is 1. The van der Waals surface area contributed by atoms with Crippen molar-refractivity contribution in [2.45, 2.75) is 71.1 Å². The fourth-order valence-electron chi connectivity index (χ4n) is 2.85. The smallest absolute Gasteiger partial charge is 0.326 e. The number of hydrogen-bond donors (Lipinski definition) is 6. The molecule has 0 aliphatic rings. The highest BCUT2D eigenvalue weighted by atomic mass is 32.2. The minimum absolute atomic E-state index is 0.200. The summed E-state index contributed by atoms with van der Waals surface area (Å²) in [4.78, 5) is 60.4. The van der Waals surface area contributed by atoms with Gasteiger partial charge in [-0.2, -0.15) is 11.8 Å². The largest absolute Gasteiger partial charge is 0.480 e. The molecule has 12 heteroatoms. The molecule has 4 atom stereocenters. The van der Waals surface area contributed by atoms with E-state index in [4.69, 9.17) is 11.5 Å². The lowest BCUT2D eigenvalue weighted by Crippen LogP contribution is -2.58. The van der Waals surface area contributed by atoms with E-state index in [1.54, 1.807) is 13.8 Å². The molecule has 0 heterocycles. The summed E-state index contributed by atoms with van der Waals surface area (Å²) < 4.78 is 0. The van der Waals surface area contributed by atoms with Gasteiger partial charge >= 0.3 is 5.97 Å². The highest BCUT2D eigenvalue weighted by molar-refractivity contribution is 7.98. The summed E-state index contributed by atoms with van der Waals surface area (Å²) in [6.07, 6.45) is 2.05. The molecule has 11 nitrogen and oxygen atoms in total. The maximum Gasteiger partial charge on any atom is 0.326 e. The Kier molecular flexibility index (Phi) is 13.6. The number of carboxylic acids is 1. The number of rotatable bonds is 15. The molecule has 0 aromatic heterocycles. The molecule has 0 radical (unpaired) electrons. The molecular formula is C20H37N5O6S. The first-order valence-electron chi connectivity index (χ1n) is 10.5. The Bertz CT molecular complexity index is 673. The Morgan fingerprint density at radius 2 is 1.47 bits per heavy atom. The van der Waals surface area contributed by atoms with Crippen molar-refractivity contribution in [2.24, 2.45) is 23.3 Å². The van der Waals surface area contributed by atoms with Crippen LogP contribution in [-0.2, 0) is 24.0 Å². The highest BCUT2D eigenvalue weighted by Crippen LogP contribution is 2.08. The number of nitrogens with two attached hydrogens (primary N) is 2. The molecule has 0 spiro atoms. The van der Waals surface area contributed by atoms with Crippen molar-refractivity contribution in [1.82, 2.24) is 16.0 Å². The van der Waals surface area contributed by atoms with Crippen LogP contribution in [0, 0.1) is 11.8 Å². The van der Waals surface area contributed by atoms with Crippen LogP contribution < -0.4 is 27.4 Å². The van der Waals surface area contributed by atoms with Crippen LogP contribution in [0.1, 0.15) is 47.0 Å². The molecule has 0 aliphatic heterocycles. The Balaban J connectivity index is 5.38. The van der Waals surface area contributed by atoms with Crippen molar-refractivity contribution in [1.29, 1.82) is 0 Å². The van der Waals surface area contributed by atoms with E-state index in [2.05, 4.69) is 16.0 Å². The monoisotopic (exact) mass is 475 g/mol. The Morgan fingerprint density at radius 1 is 0.906 bits per heavy atom. The van der Waals surface area contributed by atoms with E-state index in [1.807, 2.05) is 20.1 Å². The second-order valence-electron chi connectivity index (χ2n) is 8.38. The van der Waals surface area contributed by atoms with Crippen molar-refractivity contribution in [3.8, 4) is 0 Å². The highest BCUT2D eigenvalue weighted by Gasteiger charge is 2.32. The predicted molar refractivity (Wildman–Crippen MR) is 123 cm³/mol. The molecule has 0 fully saturated rings. The minimum Gasteiger partial charge on any atom is -0.480 e. The van der Waals surface area contributed by atoms with Gasteiger partial charge in [-0.3, -0.25) is 19.2 Å². The summed E-state index contributed by atoms with van der Waals surface area (Å²) in [6, 6.07) is -4.29. The average molecular weight is 476 g/mol. The second-order valence-corrected chi connectivity index (χ2v) is 9.36. The first-order valence-corrected chi connectivity index (χ1v) is 11.9. The fourth-order valence-corrected chi connectivity index (χ4v) is 3.32. The van der Waals surface area contributed by atoms with Gasteiger partial charge in [0.15, 0.2) is 0 Å². The standard InChI is InChI=1S/C20H37N5O6S/c1-10(2)8-12(21)17(27)23-13(6-7-32-5)18(28)25-16(11(3)4)19(29)24-14(20(30)31)9-15(22)26/h10-14,16H,6-9,21H2,1-5H3,(H2,22,26)(H,23,27)(H,24,29)(H,25,28)(H,30,31). The maximum atomic E-state index is 12.9. The van der Waals surface area contributed by atoms with Gasteiger partial charge in [-0.05, 0) is 36.7 Å². The summed E-state index contributed by atoms with van der Waals surface area (Å²) in [5, 5.41) is 16.7. The lowest BCUT2D eigenvalue weighted by molar-refractivity contribution is -0.144. The SMILES string of the molecule is CSCCC(NC(=O)C(N)CC(C)C)C(=O)NC(C(=O)NC(CC(N)=O)C(=O)O)C(C)C. The molecular weight excluding hydrogens is 438 g/mol. The van der Waals surface area contributed by atoms with Crippen molar-refractivity contribution in [3.63, 3.8) is 0 Å². The first-order chi connectivity index (χ1) is 14.8. The van der Waals surface area contributed by atoms with E-state index in [9.17, 15) is 29.1 Å². The third-order valence-electron chi connectivity index (χ3n) is 4.57. The van der Waals surface area contributed by atoms with Crippen LogP contribution in [0.15, 0.2) is 0 Å². The number of aliphatic carboxylic acids is 1. The molecule has 0 aliphatic carbocycles. The van der Waals surface area contributed by atoms with Crippen molar-refractivity contribution in [2.75, 3.05) is 12.0 Å². The topological polar surface area (TPSA) is 194 Å². The predicted octanol–water partition coefficient (Wildman–Crippen LogP) is -0.817. The molecule has 0 aromatic rings. The molecule has 8 N–H and O–H groups in total. The molecule has 0 aromatic carbocycles. The van der Waals surface area contributed by atoms with Crippen molar-refractivity contribution < 1.29 is 29.1 Å². The zero-order valence-corrected chi connectivity index (χ0v) is 20.2. The maximum absolute atomic E-state index is 12.9. The molecule has 32 heavy (non-hydrogen) atoms. The van der Waals surface area contributed by atoms with Gasteiger partial charge in [-0.25, -0.2) is 4.79 Å². The van der Waals surface area contributed by atoms with E-state index in [0.717, 1.165) is 0 Å². The van der Waals surface area contributed by atoms with Gasteiger partial charge < -0.3 is 32.5 Å². The Labute approximate surface area is 193 Å². The summed E-state index contributed by atoms with van der Waals surface area (Å²) >= 11 is 1.49. The number of amides is 4. The van der Waals surface area contributed by atoms with E-state index < -0.39 is 66.1 Å². The van der Waals surface area contributed by atoms with Gasteiger partial charge in [0.1, 0.15) is 18.1 Å². The molecule has 4 amide bonds. The van der Waals surface area contributed by atoms with Gasteiger partial charge in [0.2, 0.25) is 23.6 Å². The normalized spacial score (nSPS) is 14.9. The number of hydrogen-bond acceptors (Lipinski definition) is 7. The third kappa shape index (κ3) is 11.3. The fraction of sp³-hybridized carbons (Fsp3) is 0.750. The zero-order valence-electron chi connectivity index (χ0n) is 19.3. The van der Waals surface area contributed by atoms with Gasteiger partial charge in [-0.1, -0.05) is 27.7 Å². The molecule has 0 saturated heterocycles. The number of carbonyl (C=O) groups is 5. The van der Waals surface area contributed by atoms with Crippen LogP contribution in [0.4, 0.5) is 0 Å². The lowest BCUT2D eigenvalue weighted by atomic mass is 10.0. The summed E-state index contributed by atoms with van der Waals surface area (Å²) in [7, 11) is 0. The second kappa shape index (κ2) is 14.7. The lowest BCUT2D eigenvalue weighted by Gasteiger charge is -2.27. The molecule has 184 valence electrons. The summed E-state index contributed by atoms with van der Waals surface area (Å²) in [5.41, 5.74) is 10.9. The van der Waals surface area contributed by atoms with Crippen LogP contribution in [0.25, 0.3) is 0 Å². The Hall–Kier alpha value is -2.34. The van der Waals surface area contributed by atoms with Crippen molar-refractivity contribution in [3.05, 3.63) is 0 Å². The number of carbonyl (C=O) groups excluding carboxylic acids is 4. The average Bonchev–Trinajstić information content (AvgIpc) is 2.66. The Morgan fingerprint density at radius 3 is 1.91 bits per heavy atom. The van der Waals surface area contributed by atoms with Crippen LogP contribution in [-0.4, -0.2) is 70.9 Å². The van der Waals surface area contributed by atoms with E-state index in [0.29, 0.717) is 18.6 Å². The molecule has 0 rings (SSSR count). The third-order valence-corrected chi connectivity index (χ3v) is 5.22. The number of nitrogens with one attached hydrogen (secondary N) is 3. The van der Waals surface area contributed by atoms with Gasteiger partial charge in [0, 0.05) is 0 Å². The van der Waals surface area contributed by atoms with Crippen LogP contribution in [0.5, 0.6) is 0 Å². The van der Waals surface area contributed by atoms with E-state index in [1.165, 1.54) is 11.8 Å². The van der Waals surface area contributed by atoms with Crippen LogP contribution in [0.2, 0.25) is 0 Å². The molecule has 0 saturated carbocycles. The van der Waals surface area contributed by atoms with E-state index in [-0.39, 0.29) is 5.92 Å². The van der Waals surface area contributed by atoms with Gasteiger partial charge in [0.05, 0.1) is 12.5 Å². The van der Waals surface area contributed by atoms with Crippen molar-refractivity contribution >= 4 is 41.4 Å².